The first-order chi connectivity index (χ1) is 16.5. The molecule has 0 aliphatic carbocycles. The van der Waals surface area contributed by atoms with Gasteiger partial charge in [-0.15, -0.1) is 0 Å². The minimum atomic E-state index is -4.23. The molecule has 2 aromatic carbocycles. The molecule has 2 heterocycles. The van der Waals surface area contributed by atoms with Gasteiger partial charge in [0, 0.05) is 25.4 Å². The Hall–Kier alpha value is -2.91. The number of hydrogen-bond donors (Lipinski definition) is 1. The number of methoxy groups -OCH3 is 1. The van der Waals surface area contributed by atoms with Crippen LogP contribution in [0.4, 0.5) is 0 Å². The number of aryl methyl sites for hydroxylation is 2. The van der Waals surface area contributed by atoms with Crippen LogP contribution in [0.5, 0.6) is 5.75 Å². The molecule has 2 amide bonds. The molecular weight excluding hydrogens is 466 g/mol. The summed E-state index contributed by atoms with van der Waals surface area (Å²) in [4.78, 5) is 28.2. The van der Waals surface area contributed by atoms with Gasteiger partial charge in [-0.2, -0.15) is 0 Å². The number of nitrogens with zero attached hydrogens (tertiary/aromatic N) is 2. The van der Waals surface area contributed by atoms with E-state index < -0.39 is 20.9 Å². The summed E-state index contributed by atoms with van der Waals surface area (Å²) in [6, 6.07) is 11.5. The number of ether oxygens (including phenoxy) is 1. The lowest BCUT2D eigenvalue weighted by Gasteiger charge is -2.56. The summed E-state index contributed by atoms with van der Waals surface area (Å²) >= 11 is 0. The van der Waals surface area contributed by atoms with Gasteiger partial charge in [0.2, 0.25) is 26.6 Å². The van der Waals surface area contributed by atoms with E-state index in [1.807, 2.05) is 45.0 Å². The number of amides is 2. The Balaban J connectivity index is 1.92. The Morgan fingerprint density at radius 3 is 2.37 bits per heavy atom. The van der Waals surface area contributed by atoms with Gasteiger partial charge in [0.15, 0.2) is 0 Å². The standard InChI is InChI=1S/C26H33N3O5S/c1-17(2)28-16-26(35(32,33)23-14-19(4)8-11-22(23)34-5)27-13-12-24(30)29(26)21(25(28)31)15-20-9-6-18(3)7-10-20/h6-11,14,17,21,27H,12-13,15-16H2,1-5H3. The van der Waals surface area contributed by atoms with E-state index in [9.17, 15) is 18.0 Å². The van der Waals surface area contributed by atoms with Crippen LogP contribution < -0.4 is 10.1 Å². The highest BCUT2D eigenvalue weighted by molar-refractivity contribution is 7.93. The first-order valence-corrected chi connectivity index (χ1v) is 13.3. The monoisotopic (exact) mass is 499 g/mol. The van der Waals surface area contributed by atoms with E-state index in [2.05, 4.69) is 5.32 Å². The van der Waals surface area contributed by atoms with Crippen molar-refractivity contribution in [3.05, 3.63) is 59.2 Å². The molecule has 0 saturated carbocycles. The molecule has 0 radical (unpaired) electrons. The largest absolute Gasteiger partial charge is 0.495 e. The van der Waals surface area contributed by atoms with Crippen molar-refractivity contribution in [3.8, 4) is 5.75 Å². The van der Waals surface area contributed by atoms with Gasteiger partial charge in [-0.3, -0.25) is 19.8 Å². The van der Waals surface area contributed by atoms with Crippen LogP contribution in [0.1, 0.15) is 37.0 Å². The SMILES string of the molecule is COc1ccc(C)cc1S(=O)(=O)C12CN(C(C)C)C(=O)C(Cc3ccc(C)cc3)N1C(=O)CCN2. The van der Waals surface area contributed by atoms with E-state index in [-0.39, 0.29) is 54.4 Å². The molecule has 8 nitrogen and oxygen atoms in total. The molecule has 2 aliphatic rings. The van der Waals surface area contributed by atoms with Crippen LogP contribution in [-0.2, 0) is 25.8 Å². The number of piperazine rings is 1. The van der Waals surface area contributed by atoms with E-state index in [0.717, 1.165) is 16.7 Å². The molecule has 0 aromatic heterocycles. The second kappa shape index (κ2) is 9.28. The van der Waals surface area contributed by atoms with Crippen molar-refractivity contribution in [2.45, 2.75) is 62.5 Å². The van der Waals surface area contributed by atoms with Gasteiger partial charge in [-0.25, -0.2) is 8.42 Å². The Bertz CT molecular complexity index is 1240. The normalized spacial score (nSPS) is 23.0. The van der Waals surface area contributed by atoms with Crippen molar-refractivity contribution in [1.29, 1.82) is 0 Å². The van der Waals surface area contributed by atoms with Crippen LogP contribution in [0.3, 0.4) is 0 Å². The first-order valence-electron chi connectivity index (χ1n) is 11.8. The fraction of sp³-hybridized carbons (Fsp3) is 0.462. The van der Waals surface area contributed by atoms with Crippen LogP contribution in [0.15, 0.2) is 47.4 Å². The highest BCUT2D eigenvalue weighted by atomic mass is 32.2. The molecule has 2 saturated heterocycles. The third-order valence-corrected chi connectivity index (χ3v) is 9.15. The number of fused-ring (bicyclic) bond motifs is 1. The Labute approximate surface area is 207 Å². The molecule has 0 bridgehead atoms. The van der Waals surface area contributed by atoms with Crippen LogP contribution in [0, 0.1) is 13.8 Å². The quantitative estimate of drug-likeness (QED) is 0.656. The lowest BCUT2D eigenvalue weighted by Crippen LogP contribution is -2.80. The fourth-order valence-electron chi connectivity index (χ4n) is 4.99. The van der Waals surface area contributed by atoms with Crippen molar-refractivity contribution in [2.24, 2.45) is 0 Å². The molecule has 2 aromatic rings. The summed E-state index contributed by atoms with van der Waals surface area (Å²) in [5, 5.41) is 3.17. The lowest BCUT2D eigenvalue weighted by atomic mass is 9.96. The van der Waals surface area contributed by atoms with E-state index >= 15 is 0 Å². The lowest BCUT2D eigenvalue weighted by molar-refractivity contribution is -0.165. The van der Waals surface area contributed by atoms with Crippen molar-refractivity contribution in [1.82, 2.24) is 15.1 Å². The first kappa shape index (κ1) is 25.2. The maximum atomic E-state index is 14.5. The molecule has 2 atom stereocenters. The van der Waals surface area contributed by atoms with E-state index in [1.165, 1.54) is 12.0 Å². The predicted molar refractivity (Wildman–Crippen MR) is 133 cm³/mol. The van der Waals surface area contributed by atoms with E-state index in [0.29, 0.717) is 0 Å². The molecular formula is C26H33N3O5S. The average molecular weight is 500 g/mol. The molecule has 2 aliphatic heterocycles. The highest BCUT2D eigenvalue weighted by Gasteiger charge is 2.62. The highest BCUT2D eigenvalue weighted by Crippen LogP contribution is 2.40. The minimum absolute atomic E-state index is 0.000610. The zero-order valence-electron chi connectivity index (χ0n) is 20.9. The molecule has 4 rings (SSSR count). The Morgan fingerprint density at radius 1 is 1.09 bits per heavy atom. The van der Waals surface area contributed by atoms with Gasteiger partial charge in [-0.05, 0) is 51.0 Å². The van der Waals surface area contributed by atoms with Gasteiger partial charge >= 0.3 is 0 Å². The van der Waals surface area contributed by atoms with E-state index in [1.54, 1.807) is 30.0 Å². The maximum Gasteiger partial charge on any atom is 0.246 e. The summed E-state index contributed by atoms with van der Waals surface area (Å²) in [6.45, 7) is 7.52. The Kier molecular flexibility index (Phi) is 6.68. The third kappa shape index (κ3) is 4.21. The average Bonchev–Trinajstić information content (AvgIpc) is 2.81. The molecule has 188 valence electrons. The molecule has 9 heteroatoms. The van der Waals surface area contributed by atoms with Crippen LogP contribution >= 0.6 is 0 Å². The number of sulfone groups is 1. The number of rotatable bonds is 6. The van der Waals surface area contributed by atoms with Gasteiger partial charge in [0.1, 0.15) is 16.7 Å². The van der Waals surface area contributed by atoms with E-state index in [4.69, 9.17) is 4.74 Å². The molecule has 0 spiro atoms. The van der Waals surface area contributed by atoms with Crippen molar-refractivity contribution >= 4 is 21.7 Å². The fourth-order valence-corrected chi connectivity index (χ4v) is 7.20. The maximum absolute atomic E-state index is 14.5. The molecule has 1 N–H and O–H groups in total. The van der Waals surface area contributed by atoms with Crippen molar-refractivity contribution < 1.29 is 22.7 Å². The van der Waals surface area contributed by atoms with Gasteiger partial charge in [-0.1, -0.05) is 35.9 Å². The number of carbonyl (C=O) groups excluding carboxylic acids is 2. The van der Waals surface area contributed by atoms with Gasteiger partial charge in [0.25, 0.3) is 0 Å². The summed E-state index contributed by atoms with van der Waals surface area (Å²) in [7, 11) is -2.81. The van der Waals surface area contributed by atoms with Gasteiger partial charge in [0.05, 0.1) is 13.7 Å². The zero-order valence-corrected chi connectivity index (χ0v) is 21.7. The molecule has 35 heavy (non-hydrogen) atoms. The number of carbonyl (C=O) groups is 2. The summed E-state index contributed by atoms with van der Waals surface area (Å²) in [5.41, 5.74) is 2.68. The van der Waals surface area contributed by atoms with Gasteiger partial charge < -0.3 is 9.64 Å². The second-order valence-electron chi connectivity index (χ2n) is 9.65. The minimum Gasteiger partial charge on any atom is -0.495 e. The topological polar surface area (TPSA) is 96.0 Å². The summed E-state index contributed by atoms with van der Waals surface area (Å²) < 4.78 is 34.3. The van der Waals surface area contributed by atoms with Crippen LogP contribution in [0.2, 0.25) is 0 Å². The summed E-state index contributed by atoms with van der Waals surface area (Å²) in [6.07, 6.45) is 0.333. The molecule has 2 fully saturated rings. The number of hydrogen-bond acceptors (Lipinski definition) is 6. The van der Waals surface area contributed by atoms with Crippen LogP contribution in [-0.4, -0.2) is 67.3 Å². The van der Waals surface area contributed by atoms with Crippen LogP contribution in [0.25, 0.3) is 0 Å². The second-order valence-corrected chi connectivity index (χ2v) is 11.8. The number of benzene rings is 2. The smallest absolute Gasteiger partial charge is 0.246 e. The predicted octanol–water partition coefficient (Wildman–Crippen LogP) is 2.42. The summed E-state index contributed by atoms with van der Waals surface area (Å²) in [5.74, 6) is -0.403. The Morgan fingerprint density at radius 2 is 1.74 bits per heavy atom. The zero-order chi connectivity index (χ0) is 25.5. The third-order valence-electron chi connectivity index (χ3n) is 6.89. The van der Waals surface area contributed by atoms with Crippen molar-refractivity contribution in [2.75, 3.05) is 20.2 Å². The number of nitrogens with one attached hydrogen (secondary N) is 1. The van der Waals surface area contributed by atoms with Crippen molar-refractivity contribution in [3.63, 3.8) is 0 Å². The molecule has 2 unspecified atom stereocenters.